The number of hydrogen-bond donors (Lipinski definition) is 2. The number of sulfonamides is 1. The maximum Gasteiger partial charge on any atom is 0.246 e. The first-order valence-electron chi connectivity index (χ1n) is 5.97. The second kappa shape index (κ2) is 5.21. The van der Waals surface area contributed by atoms with Crippen molar-refractivity contribution in [2.24, 2.45) is 5.84 Å². The number of hydrogen-bond acceptors (Lipinski definition) is 5. The molecule has 6 nitrogen and oxygen atoms in total. The molecule has 1 aliphatic rings. The molecule has 0 aliphatic heterocycles. The number of anilines is 1. The van der Waals surface area contributed by atoms with Crippen LogP contribution in [0.5, 0.6) is 0 Å². The molecule has 0 radical (unpaired) electrons. The first-order valence-corrected chi connectivity index (χ1v) is 7.41. The highest BCUT2D eigenvalue weighted by molar-refractivity contribution is 7.89. The summed E-state index contributed by atoms with van der Waals surface area (Å²) in [6.45, 7) is 0. The third kappa shape index (κ3) is 2.33. The van der Waals surface area contributed by atoms with Gasteiger partial charge in [-0.3, -0.25) is 0 Å². The highest BCUT2D eigenvalue weighted by Crippen LogP contribution is 2.29. The maximum absolute atomic E-state index is 12.5. The van der Waals surface area contributed by atoms with Crippen LogP contribution in [-0.4, -0.2) is 30.8 Å². The van der Waals surface area contributed by atoms with Crippen LogP contribution in [0.25, 0.3) is 0 Å². The molecule has 100 valence electrons. The van der Waals surface area contributed by atoms with E-state index in [4.69, 9.17) is 5.84 Å². The molecule has 3 N–H and O–H groups in total. The summed E-state index contributed by atoms with van der Waals surface area (Å²) in [5.41, 5.74) is 2.33. The van der Waals surface area contributed by atoms with Gasteiger partial charge in [-0.15, -0.1) is 0 Å². The lowest BCUT2D eigenvalue weighted by Crippen LogP contribution is -2.35. The van der Waals surface area contributed by atoms with Gasteiger partial charge in [0, 0.05) is 19.3 Å². The van der Waals surface area contributed by atoms with Crippen LogP contribution in [0, 0.1) is 0 Å². The maximum atomic E-state index is 12.5. The van der Waals surface area contributed by atoms with Crippen LogP contribution in [0.3, 0.4) is 0 Å². The Hall–Kier alpha value is -1.18. The quantitative estimate of drug-likeness (QED) is 0.627. The lowest BCUT2D eigenvalue weighted by Gasteiger charge is -2.24. The molecule has 1 saturated carbocycles. The van der Waals surface area contributed by atoms with Crippen molar-refractivity contribution in [3.05, 3.63) is 18.3 Å². The van der Waals surface area contributed by atoms with Crippen LogP contribution in [-0.2, 0) is 10.0 Å². The van der Waals surface area contributed by atoms with Crippen molar-refractivity contribution in [2.45, 2.75) is 36.6 Å². The van der Waals surface area contributed by atoms with Crippen molar-refractivity contribution < 1.29 is 8.42 Å². The molecule has 0 bridgehead atoms. The highest BCUT2D eigenvalue weighted by atomic mass is 32.2. The average Bonchev–Trinajstić information content (AvgIpc) is 2.91. The first kappa shape index (κ1) is 13.3. The van der Waals surface area contributed by atoms with E-state index in [9.17, 15) is 8.42 Å². The standard InChI is InChI=1S/C11H18N4O2S/c1-15(9-5-2-3-6-9)18(16,17)10-7-4-8-13-11(10)14-12/h4,7-9H,2-3,5-6,12H2,1H3,(H,13,14). The van der Waals surface area contributed by atoms with Gasteiger partial charge >= 0.3 is 0 Å². The summed E-state index contributed by atoms with van der Waals surface area (Å²) in [5, 5.41) is 0. The zero-order valence-electron chi connectivity index (χ0n) is 10.3. The zero-order valence-corrected chi connectivity index (χ0v) is 11.2. The van der Waals surface area contributed by atoms with E-state index >= 15 is 0 Å². The van der Waals surface area contributed by atoms with E-state index in [1.165, 1.54) is 16.6 Å². The van der Waals surface area contributed by atoms with E-state index in [1.807, 2.05) is 0 Å². The van der Waals surface area contributed by atoms with Gasteiger partial charge in [-0.2, -0.15) is 4.31 Å². The lowest BCUT2D eigenvalue weighted by molar-refractivity contribution is 0.373. The van der Waals surface area contributed by atoms with Gasteiger partial charge in [0.2, 0.25) is 10.0 Å². The Kier molecular flexibility index (Phi) is 3.84. The molecule has 7 heteroatoms. The summed E-state index contributed by atoms with van der Waals surface area (Å²) in [4.78, 5) is 4.06. The van der Waals surface area contributed by atoms with Crippen LogP contribution in [0.15, 0.2) is 23.2 Å². The van der Waals surface area contributed by atoms with Crippen LogP contribution in [0.4, 0.5) is 5.82 Å². The Balaban J connectivity index is 2.35. The number of nitrogens with one attached hydrogen (secondary N) is 1. The number of nitrogens with zero attached hydrogens (tertiary/aromatic N) is 2. The van der Waals surface area contributed by atoms with Crippen LogP contribution >= 0.6 is 0 Å². The molecule has 0 atom stereocenters. The lowest BCUT2D eigenvalue weighted by atomic mass is 10.3. The topological polar surface area (TPSA) is 88.3 Å². The third-order valence-corrected chi connectivity index (χ3v) is 5.35. The minimum absolute atomic E-state index is 0.0841. The largest absolute Gasteiger partial charge is 0.307 e. The Morgan fingerprint density at radius 1 is 1.44 bits per heavy atom. The first-order chi connectivity index (χ1) is 8.57. The second-order valence-corrected chi connectivity index (χ2v) is 6.42. The van der Waals surface area contributed by atoms with E-state index in [1.54, 1.807) is 13.1 Å². The van der Waals surface area contributed by atoms with Crippen molar-refractivity contribution in [2.75, 3.05) is 12.5 Å². The highest BCUT2D eigenvalue weighted by Gasteiger charge is 2.31. The fourth-order valence-electron chi connectivity index (χ4n) is 2.33. The van der Waals surface area contributed by atoms with Gasteiger partial charge in [-0.05, 0) is 25.0 Å². The van der Waals surface area contributed by atoms with Gasteiger partial charge in [0.1, 0.15) is 4.90 Å². The molecule has 1 fully saturated rings. The molecule has 0 saturated heterocycles. The summed E-state index contributed by atoms with van der Waals surface area (Å²) in [6, 6.07) is 3.19. The number of hydrazine groups is 1. The molecule has 1 heterocycles. The molecule has 0 amide bonds. The van der Waals surface area contributed by atoms with Crippen LogP contribution in [0.2, 0.25) is 0 Å². The molecule has 0 unspecified atom stereocenters. The number of nitrogens with two attached hydrogens (primary N) is 1. The molecule has 1 aromatic heterocycles. The zero-order chi connectivity index (χ0) is 13.2. The van der Waals surface area contributed by atoms with E-state index in [0.29, 0.717) is 0 Å². The number of pyridine rings is 1. The SMILES string of the molecule is CN(C1CCCC1)S(=O)(=O)c1cccnc1NN. The van der Waals surface area contributed by atoms with Gasteiger partial charge in [-0.25, -0.2) is 19.2 Å². The van der Waals surface area contributed by atoms with Crippen molar-refractivity contribution in [1.82, 2.24) is 9.29 Å². The predicted octanol–water partition coefficient (Wildman–Crippen LogP) is 0.930. The smallest absolute Gasteiger partial charge is 0.246 e. The fourth-order valence-corrected chi connectivity index (χ4v) is 3.85. The Labute approximate surface area is 107 Å². The van der Waals surface area contributed by atoms with E-state index in [0.717, 1.165) is 25.7 Å². The molecule has 18 heavy (non-hydrogen) atoms. The van der Waals surface area contributed by atoms with Crippen molar-refractivity contribution in [3.63, 3.8) is 0 Å². The summed E-state index contributed by atoms with van der Waals surface area (Å²) in [5.74, 6) is 5.49. The van der Waals surface area contributed by atoms with Gasteiger partial charge in [-0.1, -0.05) is 12.8 Å². The summed E-state index contributed by atoms with van der Waals surface area (Å²) in [6.07, 6.45) is 5.51. The normalized spacial score (nSPS) is 17.3. The Morgan fingerprint density at radius 2 is 2.11 bits per heavy atom. The molecular formula is C11H18N4O2S. The number of rotatable bonds is 4. The van der Waals surface area contributed by atoms with Crippen molar-refractivity contribution in [3.8, 4) is 0 Å². The third-order valence-electron chi connectivity index (χ3n) is 3.40. The summed E-state index contributed by atoms with van der Waals surface area (Å²) < 4.78 is 26.4. The molecule has 0 spiro atoms. The van der Waals surface area contributed by atoms with Gasteiger partial charge in [0.25, 0.3) is 0 Å². The minimum atomic E-state index is -3.54. The minimum Gasteiger partial charge on any atom is -0.307 e. The molecular weight excluding hydrogens is 252 g/mol. The molecule has 0 aromatic carbocycles. The number of nitrogen functional groups attached to an aromatic ring is 1. The van der Waals surface area contributed by atoms with Gasteiger partial charge in [0.15, 0.2) is 5.82 Å². The monoisotopic (exact) mass is 270 g/mol. The Bertz CT molecular complexity index is 512. The number of aromatic nitrogens is 1. The predicted molar refractivity (Wildman–Crippen MR) is 69.3 cm³/mol. The van der Waals surface area contributed by atoms with Gasteiger partial charge < -0.3 is 5.43 Å². The van der Waals surface area contributed by atoms with Crippen LogP contribution in [0.1, 0.15) is 25.7 Å². The average molecular weight is 270 g/mol. The van der Waals surface area contributed by atoms with Crippen LogP contribution < -0.4 is 11.3 Å². The van der Waals surface area contributed by atoms with Crippen molar-refractivity contribution >= 4 is 15.8 Å². The summed E-state index contributed by atoms with van der Waals surface area (Å²) in [7, 11) is -1.91. The molecule has 1 aliphatic carbocycles. The van der Waals surface area contributed by atoms with Gasteiger partial charge in [0.05, 0.1) is 0 Å². The second-order valence-electron chi connectivity index (χ2n) is 4.45. The summed E-state index contributed by atoms with van der Waals surface area (Å²) >= 11 is 0. The molecule has 2 rings (SSSR count). The molecule has 1 aromatic rings. The Morgan fingerprint density at radius 3 is 2.72 bits per heavy atom. The van der Waals surface area contributed by atoms with E-state index in [2.05, 4.69) is 10.4 Å². The van der Waals surface area contributed by atoms with E-state index < -0.39 is 10.0 Å². The fraction of sp³-hybridized carbons (Fsp3) is 0.545. The van der Waals surface area contributed by atoms with E-state index in [-0.39, 0.29) is 16.8 Å². The van der Waals surface area contributed by atoms with Crippen molar-refractivity contribution in [1.29, 1.82) is 0 Å².